The van der Waals surface area contributed by atoms with E-state index in [-0.39, 0.29) is 5.97 Å². The number of methoxy groups -OCH3 is 1. The van der Waals surface area contributed by atoms with Crippen LogP contribution in [-0.2, 0) is 4.74 Å². The molecule has 0 aromatic carbocycles. The second-order valence-corrected chi connectivity index (χ2v) is 4.81. The minimum absolute atomic E-state index is 0.385. The molecule has 3 rings (SSSR count). The number of nitrogens with zero attached hydrogens (tertiary/aromatic N) is 4. The van der Waals surface area contributed by atoms with Gasteiger partial charge in [0, 0.05) is 17.3 Å². The van der Waals surface area contributed by atoms with Crippen molar-refractivity contribution in [2.24, 2.45) is 0 Å². The fourth-order valence-electron chi connectivity index (χ4n) is 1.80. The average molecular weight is 274 g/mol. The number of aromatic nitrogens is 4. The number of aryl methyl sites for hydroxylation is 1. The van der Waals surface area contributed by atoms with Gasteiger partial charge in [-0.15, -0.1) is 16.4 Å². The number of esters is 1. The third-order valence-electron chi connectivity index (χ3n) is 2.66. The normalized spacial score (nSPS) is 10.8. The Morgan fingerprint density at radius 3 is 2.95 bits per heavy atom. The van der Waals surface area contributed by atoms with Gasteiger partial charge in [-0.05, 0) is 19.1 Å². The van der Waals surface area contributed by atoms with Gasteiger partial charge in [0.1, 0.15) is 0 Å². The summed E-state index contributed by atoms with van der Waals surface area (Å²) >= 11 is 1.47. The number of carbonyl (C=O) groups is 1. The van der Waals surface area contributed by atoms with Gasteiger partial charge in [-0.3, -0.25) is 0 Å². The van der Waals surface area contributed by atoms with E-state index in [1.807, 2.05) is 12.3 Å². The van der Waals surface area contributed by atoms with Gasteiger partial charge in [0.15, 0.2) is 10.7 Å². The van der Waals surface area contributed by atoms with Crippen LogP contribution in [0.5, 0.6) is 0 Å². The highest BCUT2D eigenvalue weighted by Crippen LogP contribution is 2.20. The number of ether oxygens (including phenoxy) is 1. The SMILES string of the molecule is COC(=O)c1cc(C)n2nc(-c3nccs3)nc2c1. The third-order valence-corrected chi connectivity index (χ3v) is 3.43. The Bertz CT molecular complexity index is 749. The second kappa shape index (κ2) is 4.43. The van der Waals surface area contributed by atoms with Gasteiger partial charge >= 0.3 is 5.97 Å². The van der Waals surface area contributed by atoms with Crippen LogP contribution in [0.25, 0.3) is 16.5 Å². The zero-order valence-corrected chi connectivity index (χ0v) is 11.1. The summed E-state index contributed by atoms with van der Waals surface area (Å²) in [6.45, 7) is 1.86. The first-order chi connectivity index (χ1) is 9.19. The van der Waals surface area contributed by atoms with Crippen LogP contribution in [0.4, 0.5) is 0 Å². The van der Waals surface area contributed by atoms with Crippen molar-refractivity contribution < 1.29 is 9.53 Å². The highest BCUT2D eigenvalue weighted by Gasteiger charge is 2.13. The summed E-state index contributed by atoms with van der Waals surface area (Å²) in [4.78, 5) is 20.1. The summed E-state index contributed by atoms with van der Waals surface area (Å²) in [7, 11) is 1.35. The van der Waals surface area contributed by atoms with Gasteiger partial charge in [0.25, 0.3) is 0 Å². The molecular weight excluding hydrogens is 264 g/mol. The zero-order chi connectivity index (χ0) is 13.4. The Kier molecular flexibility index (Phi) is 2.75. The monoisotopic (exact) mass is 274 g/mol. The maximum Gasteiger partial charge on any atom is 0.338 e. The van der Waals surface area contributed by atoms with E-state index in [0.29, 0.717) is 17.0 Å². The van der Waals surface area contributed by atoms with Crippen LogP contribution in [0, 0.1) is 6.92 Å². The highest BCUT2D eigenvalue weighted by molar-refractivity contribution is 7.13. The second-order valence-electron chi connectivity index (χ2n) is 3.92. The molecule has 0 atom stereocenters. The lowest BCUT2D eigenvalue weighted by atomic mass is 10.2. The van der Waals surface area contributed by atoms with Crippen LogP contribution >= 0.6 is 11.3 Å². The van der Waals surface area contributed by atoms with Crippen LogP contribution in [-0.4, -0.2) is 32.7 Å². The molecule has 3 aromatic heterocycles. The fraction of sp³-hybridized carbons (Fsp3) is 0.167. The molecule has 0 amide bonds. The van der Waals surface area contributed by atoms with Crippen molar-refractivity contribution in [2.45, 2.75) is 6.92 Å². The molecule has 0 aliphatic rings. The Labute approximate surface area is 112 Å². The Balaban J connectivity index is 2.17. The van der Waals surface area contributed by atoms with Crippen molar-refractivity contribution in [1.29, 1.82) is 0 Å². The summed E-state index contributed by atoms with van der Waals surface area (Å²) in [5.41, 5.74) is 1.88. The van der Waals surface area contributed by atoms with Crippen molar-refractivity contribution in [2.75, 3.05) is 7.11 Å². The molecule has 0 fully saturated rings. The number of hydrogen-bond acceptors (Lipinski definition) is 6. The smallest absolute Gasteiger partial charge is 0.338 e. The quantitative estimate of drug-likeness (QED) is 0.668. The van der Waals surface area contributed by atoms with Gasteiger partial charge in [-0.1, -0.05) is 0 Å². The molecule has 0 spiro atoms. The molecule has 19 heavy (non-hydrogen) atoms. The molecule has 0 unspecified atom stereocenters. The van der Waals surface area contributed by atoms with Gasteiger partial charge in [0.2, 0.25) is 5.82 Å². The number of thiazole rings is 1. The van der Waals surface area contributed by atoms with E-state index in [0.717, 1.165) is 10.7 Å². The van der Waals surface area contributed by atoms with Crippen molar-refractivity contribution >= 4 is 23.0 Å². The van der Waals surface area contributed by atoms with Crippen molar-refractivity contribution in [3.63, 3.8) is 0 Å². The van der Waals surface area contributed by atoms with Crippen LogP contribution in [0.2, 0.25) is 0 Å². The minimum Gasteiger partial charge on any atom is -0.465 e. The maximum absolute atomic E-state index is 11.6. The van der Waals surface area contributed by atoms with Crippen LogP contribution in [0.15, 0.2) is 23.7 Å². The lowest BCUT2D eigenvalue weighted by Crippen LogP contribution is -2.04. The van der Waals surface area contributed by atoms with E-state index >= 15 is 0 Å². The zero-order valence-electron chi connectivity index (χ0n) is 10.3. The third kappa shape index (κ3) is 1.97. The minimum atomic E-state index is -0.385. The molecule has 0 aliphatic carbocycles. The van der Waals surface area contributed by atoms with E-state index in [1.54, 1.807) is 22.8 Å². The lowest BCUT2D eigenvalue weighted by molar-refractivity contribution is 0.0600. The number of rotatable bonds is 2. The lowest BCUT2D eigenvalue weighted by Gasteiger charge is -2.02. The largest absolute Gasteiger partial charge is 0.465 e. The summed E-state index contributed by atoms with van der Waals surface area (Å²) in [6.07, 6.45) is 1.71. The van der Waals surface area contributed by atoms with Crippen molar-refractivity contribution in [3.05, 3.63) is 35.0 Å². The van der Waals surface area contributed by atoms with Crippen LogP contribution in [0.3, 0.4) is 0 Å². The summed E-state index contributed by atoms with van der Waals surface area (Å²) < 4.78 is 6.40. The topological polar surface area (TPSA) is 69.4 Å². The molecule has 3 aromatic rings. The van der Waals surface area contributed by atoms with Gasteiger partial charge in [-0.2, -0.15) is 0 Å². The number of fused-ring (bicyclic) bond motifs is 1. The first kappa shape index (κ1) is 11.8. The van der Waals surface area contributed by atoms with Crippen LogP contribution < -0.4 is 0 Å². The molecule has 3 heterocycles. The maximum atomic E-state index is 11.6. The van der Waals surface area contributed by atoms with E-state index in [2.05, 4.69) is 15.1 Å². The molecule has 7 heteroatoms. The molecule has 6 nitrogen and oxygen atoms in total. The number of carbonyl (C=O) groups excluding carboxylic acids is 1. The Morgan fingerprint density at radius 1 is 1.42 bits per heavy atom. The van der Waals surface area contributed by atoms with Crippen LogP contribution in [0.1, 0.15) is 16.1 Å². The van der Waals surface area contributed by atoms with Crippen molar-refractivity contribution in [1.82, 2.24) is 19.6 Å². The van der Waals surface area contributed by atoms with E-state index < -0.39 is 0 Å². The molecule has 0 N–H and O–H groups in total. The predicted octanol–water partition coefficient (Wildman–Crippen LogP) is 1.95. The van der Waals surface area contributed by atoms with Crippen molar-refractivity contribution in [3.8, 4) is 10.8 Å². The van der Waals surface area contributed by atoms with E-state index in [4.69, 9.17) is 4.74 Å². The molecule has 96 valence electrons. The first-order valence-corrected chi connectivity index (χ1v) is 6.42. The van der Waals surface area contributed by atoms with Gasteiger partial charge in [0.05, 0.1) is 12.7 Å². The summed E-state index contributed by atoms with van der Waals surface area (Å²) in [6, 6.07) is 3.38. The fourth-order valence-corrected chi connectivity index (χ4v) is 2.37. The standard InChI is InChI=1S/C12H10N4O2S/c1-7-5-8(12(17)18-2)6-9-14-10(15-16(7)9)11-13-3-4-19-11/h3-6H,1-2H3. The predicted molar refractivity (Wildman–Crippen MR) is 70.2 cm³/mol. The van der Waals surface area contributed by atoms with E-state index in [1.165, 1.54) is 18.4 Å². The molecular formula is C12H10N4O2S. The molecule has 0 bridgehead atoms. The van der Waals surface area contributed by atoms with Gasteiger partial charge in [-0.25, -0.2) is 19.3 Å². The Morgan fingerprint density at radius 2 is 2.26 bits per heavy atom. The Hall–Kier alpha value is -2.28. The highest BCUT2D eigenvalue weighted by atomic mass is 32.1. The summed E-state index contributed by atoms with van der Waals surface area (Å²) in [5.74, 6) is 0.171. The number of hydrogen-bond donors (Lipinski definition) is 0. The molecule has 0 radical (unpaired) electrons. The average Bonchev–Trinajstić information content (AvgIpc) is 3.05. The molecule has 0 aliphatic heterocycles. The molecule has 0 saturated carbocycles. The number of pyridine rings is 1. The summed E-state index contributed by atoms with van der Waals surface area (Å²) in [5, 5.41) is 7.00. The molecule has 0 saturated heterocycles. The van der Waals surface area contributed by atoms with Gasteiger partial charge < -0.3 is 4.74 Å². The first-order valence-electron chi connectivity index (χ1n) is 5.54. The van der Waals surface area contributed by atoms with E-state index in [9.17, 15) is 4.79 Å².